The fourth-order valence-corrected chi connectivity index (χ4v) is 4.03. The van der Waals surface area contributed by atoms with Crippen LogP contribution in [0.1, 0.15) is 37.0 Å². The molecule has 0 spiro atoms. The first kappa shape index (κ1) is 26.5. The Kier molecular flexibility index (Phi) is 9.91. The highest BCUT2D eigenvalue weighted by Crippen LogP contribution is 2.19. The Balaban J connectivity index is 1.90. The monoisotopic (exact) mass is 536 g/mol. The number of halogens is 1. The van der Waals surface area contributed by atoms with Crippen molar-refractivity contribution in [2.45, 2.75) is 52.2 Å². The Morgan fingerprint density at radius 1 is 0.971 bits per heavy atom. The molecule has 3 rings (SSSR count). The van der Waals surface area contributed by atoms with E-state index in [1.54, 1.807) is 17.0 Å². The third-order valence-corrected chi connectivity index (χ3v) is 6.41. The third-order valence-electron chi connectivity index (χ3n) is 5.88. The molecule has 6 heteroatoms. The summed E-state index contributed by atoms with van der Waals surface area (Å²) in [6.45, 7) is 6.17. The van der Waals surface area contributed by atoms with Crippen LogP contribution in [-0.4, -0.2) is 35.4 Å². The number of aryl methyl sites for hydroxylation is 1. The quantitative estimate of drug-likeness (QED) is 0.342. The maximum Gasteiger partial charge on any atom is 0.261 e. The predicted octanol–water partition coefficient (Wildman–Crippen LogP) is 5.69. The molecule has 0 fully saturated rings. The molecular weight excluding hydrogens is 504 g/mol. The normalized spacial score (nSPS) is 12.5. The molecule has 0 aromatic heterocycles. The van der Waals surface area contributed by atoms with Crippen LogP contribution in [0.3, 0.4) is 0 Å². The summed E-state index contributed by atoms with van der Waals surface area (Å²) in [7, 11) is 0. The van der Waals surface area contributed by atoms with Crippen LogP contribution in [0.15, 0.2) is 83.3 Å². The maximum atomic E-state index is 13.6. The minimum Gasteiger partial charge on any atom is -0.484 e. The number of ether oxygens (including phenoxy) is 1. The second-order valence-electron chi connectivity index (χ2n) is 8.78. The van der Waals surface area contributed by atoms with Crippen LogP contribution in [0.2, 0.25) is 0 Å². The van der Waals surface area contributed by atoms with Crippen molar-refractivity contribution in [2.24, 2.45) is 0 Å². The fourth-order valence-electron chi connectivity index (χ4n) is 3.76. The molecule has 0 aliphatic rings. The van der Waals surface area contributed by atoms with E-state index < -0.39 is 6.04 Å². The molecule has 184 valence electrons. The Hall–Kier alpha value is -3.12. The van der Waals surface area contributed by atoms with Crippen molar-refractivity contribution >= 4 is 27.7 Å². The summed E-state index contributed by atoms with van der Waals surface area (Å²) in [5.41, 5.74) is 3.06. The van der Waals surface area contributed by atoms with E-state index in [2.05, 4.69) is 21.2 Å². The SMILES string of the molecule is CC[C@H](C)NC(=O)[C@@H](Cc1ccccc1)N(Cc1cccc(C)c1)C(=O)COc1ccc(Br)cc1. The van der Waals surface area contributed by atoms with Gasteiger partial charge in [-0.3, -0.25) is 9.59 Å². The van der Waals surface area contributed by atoms with Gasteiger partial charge in [0, 0.05) is 23.5 Å². The number of amides is 2. The molecule has 0 heterocycles. The summed E-state index contributed by atoms with van der Waals surface area (Å²) >= 11 is 3.41. The zero-order valence-electron chi connectivity index (χ0n) is 20.5. The summed E-state index contributed by atoms with van der Waals surface area (Å²) in [6.07, 6.45) is 1.22. The molecule has 0 saturated carbocycles. The number of carbonyl (C=O) groups is 2. The summed E-state index contributed by atoms with van der Waals surface area (Å²) in [5, 5.41) is 3.08. The van der Waals surface area contributed by atoms with E-state index in [1.807, 2.05) is 87.5 Å². The Labute approximate surface area is 216 Å². The van der Waals surface area contributed by atoms with Crippen molar-refractivity contribution in [1.82, 2.24) is 10.2 Å². The molecule has 0 aliphatic heterocycles. The van der Waals surface area contributed by atoms with Gasteiger partial charge in [-0.25, -0.2) is 0 Å². The van der Waals surface area contributed by atoms with Crippen LogP contribution in [0.5, 0.6) is 5.75 Å². The molecule has 0 unspecified atom stereocenters. The molecule has 35 heavy (non-hydrogen) atoms. The van der Waals surface area contributed by atoms with E-state index >= 15 is 0 Å². The molecule has 0 bridgehead atoms. The smallest absolute Gasteiger partial charge is 0.261 e. The van der Waals surface area contributed by atoms with Gasteiger partial charge in [0.1, 0.15) is 11.8 Å². The van der Waals surface area contributed by atoms with Crippen molar-refractivity contribution in [1.29, 1.82) is 0 Å². The Morgan fingerprint density at radius 3 is 2.31 bits per heavy atom. The van der Waals surface area contributed by atoms with Crippen molar-refractivity contribution < 1.29 is 14.3 Å². The minimum atomic E-state index is -0.673. The fraction of sp³-hybridized carbons (Fsp3) is 0.310. The molecular formula is C29H33BrN2O3. The molecule has 0 radical (unpaired) electrons. The van der Waals surface area contributed by atoms with E-state index in [0.29, 0.717) is 18.7 Å². The van der Waals surface area contributed by atoms with Crippen molar-refractivity contribution in [3.05, 3.63) is 100 Å². The molecule has 2 atom stereocenters. The minimum absolute atomic E-state index is 0.00992. The number of hydrogen-bond donors (Lipinski definition) is 1. The highest BCUT2D eigenvalue weighted by Gasteiger charge is 2.31. The van der Waals surface area contributed by atoms with Gasteiger partial charge in [0.25, 0.3) is 5.91 Å². The van der Waals surface area contributed by atoms with Crippen LogP contribution >= 0.6 is 15.9 Å². The second-order valence-corrected chi connectivity index (χ2v) is 9.69. The average Bonchev–Trinajstić information content (AvgIpc) is 2.86. The third kappa shape index (κ3) is 8.25. The lowest BCUT2D eigenvalue weighted by atomic mass is 10.0. The summed E-state index contributed by atoms with van der Waals surface area (Å²) in [5.74, 6) is 0.197. The molecule has 3 aromatic rings. The number of rotatable bonds is 11. The van der Waals surface area contributed by atoms with Crippen molar-refractivity contribution in [3.8, 4) is 5.75 Å². The first-order valence-electron chi connectivity index (χ1n) is 11.9. The van der Waals surface area contributed by atoms with Crippen LogP contribution in [0, 0.1) is 6.92 Å². The topological polar surface area (TPSA) is 58.6 Å². The molecule has 5 nitrogen and oxygen atoms in total. The van der Waals surface area contributed by atoms with E-state index in [-0.39, 0.29) is 24.5 Å². The number of benzene rings is 3. The highest BCUT2D eigenvalue weighted by atomic mass is 79.9. The van der Waals surface area contributed by atoms with E-state index in [9.17, 15) is 9.59 Å². The summed E-state index contributed by atoms with van der Waals surface area (Å²) < 4.78 is 6.74. The van der Waals surface area contributed by atoms with Gasteiger partial charge in [-0.05, 0) is 55.7 Å². The van der Waals surface area contributed by atoms with Crippen molar-refractivity contribution in [3.63, 3.8) is 0 Å². The summed E-state index contributed by atoms with van der Waals surface area (Å²) in [6, 6.07) is 24.5. The number of nitrogens with one attached hydrogen (secondary N) is 1. The average molecular weight is 537 g/mol. The number of hydrogen-bond acceptors (Lipinski definition) is 3. The van der Waals surface area contributed by atoms with Crippen LogP contribution < -0.4 is 10.1 Å². The van der Waals surface area contributed by atoms with Gasteiger partial charge in [0.05, 0.1) is 0 Å². The van der Waals surface area contributed by atoms with Crippen LogP contribution in [0.4, 0.5) is 0 Å². The van der Waals surface area contributed by atoms with Gasteiger partial charge < -0.3 is 15.0 Å². The summed E-state index contributed by atoms with van der Waals surface area (Å²) in [4.78, 5) is 28.7. The van der Waals surface area contributed by atoms with E-state index in [0.717, 1.165) is 27.6 Å². The van der Waals surface area contributed by atoms with Gasteiger partial charge in [-0.1, -0.05) is 83.0 Å². The van der Waals surface area contributed by atoms with Gasteiger partial charge in [-0.15, -0.1) is 0 Å². The second kappa shape index (κ2) is 13.1. The number of nitrogens with zero attached hydrogens (tertiary/aromatic N) is 1. The largest absolute Gasteiger partial charge is 0.484 e. The standard InChI is InChI=1S/C29H33BrN2O3/c1-4-22(3)31-29(34)27(18-23-10-6-5-7-11-23)32(19-24-12-8-9-21(2)17-24)28(33)20-35-26-15-13-25(30)14-16-26/h5-17,22,27H,4,18-20H2,1-3H3,(H,31,34)/t22-,27+/m0/s1. The van der Waals surface area contributed by atoms with E-state index in [4.69, 9.17) is 4.74 Å². The van der Waals surface area contributed by atoms with E-state index in [1.165, 1.54) is 0 Å². The Morgan fingerprint density at radius 2 is 1.66 bits per heavy atom. The number of carbonyl (C=O) groups excluding carboxylic acids is 2. The van der Waals surface area contributed by atoms with Gasteiger partial charge in [-0.2, -0.15) is 0 Å². The van der Waals surface area contributed by atoms with Gasteiger partial charge in [0.15, 0.2) is 6.61 Å². The lowest BCUT2D eigenvalue weighted by Gasteiger charge is -2.32. The lowest BCUT2D eigenvalue weighted by molar-refractivity contribution is -0.143. The lowest BCUT2D eigenvalue weighted by Crippen LogP contribution is -2.53. The van der Waals surface area contributed by atoms with Gasteiger partial charge in [0.2, 0.25) is 5.91 Å². The zero-order chi connectivity index (χ0) is 25.2. The molecule has 1 N–H and O–H groups in total. The first-order chi connectivity index (χ1) is 16.9. The zero-order valence-corrected chi connectivity index (χ0v) is 22.1. The van der Waals surface area contributed by atoms with Crippen molar-refractivity contribution in [2.75, 3.05) is 6.61 Å². The molecule has 0 aliphatic carbocycles. The maximum absolute atomic E-state index is 13.6. The predicted molar refractivity (Wildman–Crippen MR) is 143 cm³/mol. The molecule has 0 saturated heterocycles. The molecule has 2 amide bonds. The highest BCUT2D eigenvalue weighted by molar-refractivity contribution is 9.10. The Bertz CT molecular complexity index is 1100. The van der Waals surface area contributed by atoms with Gasteiger partial charge >= 0.3 is 0 Å². The first-order valence-corrected chi connectivity index (χ1v) is 12.7. The molecule has 3 aromatic carbocycles. The van der Waals surface area contributed by atoms with Crippen LogP contribution in [-0.2, 0) is 22.6 Å². The van der Waals surface area contributed by atoms with Crippen LogP contribution in [0.25, 0.3) is 0 Å².